The van der Waals surface area contributed by atoms with Crippen molar-refractivity contribution in [1.82, 2.24) is 0 Å². The highest BCUT2D eigenvalue weighted by atomic mass is 16.7. The Bertz CT molecular complexity index is 369. The second kappa shape index (κ2) is 7.08. The van der Waals surface area contributed by atoms with E-state index in [1.807, 2.05) is 0 Å². The summed E-state index contributed by atoms with van der Waals surface area (Å²) in [5.41, 5.74) is -0.352. The van der Waals surface area contributed by atoms with E-state index in [-0.39, 0.29) is 18.3 Å². The molecule has 3 rings (SSSR count). The van der Waals surface area contributed by atoms with Crippen LogP contribution in [-0.4, -0.2) is 18.3 Å². The molecule has 3 fully saturated rings. The van der Waals surface area contributed by atoms with Crippen molar-refractivity contribution >= 4 is 7.12 Å². The summed E-state index contributed by atoms with van der Waals surface area (Å²) in [4.78, 5) is 0. The predicted molar refractivity (Wildman–Crippen MR) is 97.6 cm³/mol. The van der Waals surface area contributed by atoms with Gasteiger partial charge in [-0.2, -0.15) is 0 Å². The third-order valence-electron chi connectivity index (χ3n) is 7.28. The van der Waals surface area contributed by atoms with E-state index in [1.54, 1.807) is 0 Å². The highest BCUT2D eigenvalue weighted by molar-refractivity contribution is 6.47. The standard InChI is InChI=1S/C20H37BO2/c1-19(2)20(3,4)23-21(22-19)18-13-9-12-17(14-15-18)16-10-7-5-6-8-11-16/h16-18H,5-15H2,1-4H3. The fraction of sp³-hybridized carbons (Fsp3) is 1.00. The summed E-state index contributed by atoms with van der Waals surface area (Å²) in [7, 11) is 0.0212. The van der Waals surface area contributed by atoms with Crippen LogP contribution in [0.15, 0.2) is 0 Å². The Labute approximate surface area is 144 Å². The Morgan fingerprint density at radius 2 is 1.13 bits per heavy atom. The first-order chi connectivity index (χ1) is 10.9. The van der Waals surface area contributed by atoms with Gasteiger partial charge in [0.2, 0.25) is 0 Å². The van der Waals surface area contributed by atoms with Crippen molar-refractivity contribution < 1.29 is 9.31 Å². The maximum absolute atomic E-state index is 6.34. The van der Waals surface area contributed by atoms with Gasteiger partial charge in [-0.25, -0.2) is 0 Å². The second-order valence-corrected chi connectivity index (χ2v) is 9.40. The third kappa shape index (κ3) is 3.98. The van der Waals surface area contributed by atoms with Gasteiger partial charge in [0.05, 0.1) is 11.2 Å². The number of hydrogen-bond acceptors (Lipinski definition) is 2. The highest BCUT2D eigenvalue weighted by Crippen LogP contribution is 2.46. The smallest absolute Gasteiger partial charge is 0.403 e. The molecule has 0 radical (unpaired) electrons. The van der Waals surface area contributed by atoms with Gasteiger partial charge in [0.25, 0.3) is 0 Å². The van der Waals surface area contributed by atoms with Crippen molar-refractivity contribution in [3.05, 3.63) is 0 Å². The molecule has 3 aliphatic rings. The molecule has 2 atom stereocenters. The molecule has 1 saturated heterocycles. The van der Waals surface area contributed by atoms with Crippen molar-refractivity contribution in [2.45, 2.75) is 115 Å². The van der Waals surface area contributed by atoms with Crippen LogP contribution in [-0.2, 0) is 9.31 Å². The van der Waals surface area contributed by atoms with Gasteiger partial charge >= 0.3 is 7.12 Å². The topological polar surface area (TPSA) is 18.5 Å². The molecule has 2 saturated carbocycles. The van der Waals surface area contributed by atoms with Gasteiger partial charge < -0.3 is 9.31 Å². The highest BCUT2D eigenvalue weighted by Gasteiger charge is 2.53. The van der Waals surface area contributed by atoms with Crippen molar-refractivity contribution in [3.63, 3.8) is 0 Å². The fourth-order valence-corrected chi connectivity index (χ4v) is 4.97. The summed E-state index contributed by atoms with van der Waals surface area (Å²) in [6, 6.07) is 0. The molecule has 23 heavy (non-hydrogen) atoms. The second-order valence-electron chi connectivity index (χ2n) is 9.40. The van der Waals surface area contributed by atoms with Gasteiger partial charge in [-0.1, -0.05) is 70.6 Å². The van der Waals surface area contributed by atoms with Crippen LogP contribution in [0, 0.1) is 11.8 Å². The molecule has 0 amide bonds. The third-order valence-corrected chi connectivity index (χ3v) is 7.28. The summed E-state index contributed by atoms with van der Waals surface area (Å²) in [5, 5.41) is 0. The van der Waals surface area contributed by atoms with Crippen LogP contribution in [0.3, 0.4) is 0 Å². The van der Waals surface area contributed by atoms with Gasteiger partial charge in [0.15, 0.2) is 0 Å². The molecule has 1 aliphatic heterocycles. The van der Waals surface area contributed by atoms with Gasteiger partial charge in [-0.05, 0) is 45.3 Å². The maximum Gasteiger partial charge on any atom is 0.461 e. The first-order valence-corrected chi connectivity index (χ1v) is 10.2. The minimum atomic E-state index is -0.176. The number of hydrogen-bond donors (Lipinski definition) is 0. The lowest BCUT2D eigenvalue weighted by Gasteiger charge is -2.32. The minimum absolute atomic E-state index is 0.0212. The molecule has 0 spiro atoms. The van der Waals surface area contributed by atoms with Crippen molar-refractivity contribution in [1.29, 1.82) is 0 Å². The summed E-state index contributed by atoms with van der Waals surface area (Å²) in [6.45, 7) is 8.71. The molecule has 1 heterocycles. The van der Waals surface area contributed by atoms with Crippen LogP contribution < -0.4 is 0 Å². The number of rotatable bonds is 2. The first-order valence-electron chi connectivity index (χ1n) is 10.2. The fourth-order valence-electron chi connectivity index (χ4n) is 4.97. The molecule has 3 heteroatoms. The van der Waals surface area contributed by atoms with E-state index in [0.717, 1.165) is 11.8 Å². The molecule has 2 nitrogen and oxygen atoms in total. The Hall–Kier alpha value is -0.0151. The van der Waals surface area contributed by atoms with Crippen molar-refractivity contribution in [2.24, 2.45) is 11.8 Å². The Morgan fingerprint density at radius 3 is 1.74 bits per heavy atom. The van der Waals surface area contributed by atoms with Crippen LogP contribution in [0.4, 0.5) is 0 Å². The molecule has 0 aromatic rings. The summed E-state index contributed by atoms with van der Waals surface area (Å²) >= 11 is 0. The molecule has 0 bridgehead atoms. The largest absolute Gasteiger partial charge is 0.461 e. The van der Waals surface area contributed by atoms with Crippen molar-refractivity contribution in [3.8, 4) is 0 Å². The van der Waals surface area contributed by atoms with Crippen LogP contribution in [0.5, 0.6) is 0 Å². The Kier molecular flexibility index (Phi) is 5.48. The average Bonchev–Trinajstić information content (AvgIpc) is 2.79. The zero-order chi connectivity index (χ0) is 16.5. The molecule has 0 aromatic carbocycles. The summed E-state index contributed by atoms with van der Waals surface area (Å²) in [6.07, 6.45) is 15.7. The molecule has 0 N–H and O–H groups in total. The Balaban J connectivity index is 1.56. The van der Waals surface area contributed by atoms with Gasteiger partial charge in [-0.3, -0.25) is 0 Å². The van der Waals surface area contributed by atoms with Crippen LogP contribution >= 0.6 is 0 Å². The van der Waals surface area contributed by atoms with E-state index in [0.29, 0.717) is 5.82 Å². The van der Waals surface area contributed by atoms with Crippen LogP contribution in [0.25, 0.3) is 0 Å². The van der Waals surface area contributed by atoms with Gasteiger partial charge in [0, 0.05) is 0 Å². The molecule has 132 valence electrons. The van der Waals surface area contributed by atoms with Crippen molar-refractivity contribution in [2.75, 3.05) is 0 Å². The normalized spacial score (nSPS) is 35.7. The minimum Gasteiger partial charge on any atom is -0.403 e. The van der Waals surface area contributed by atoms with E-state index >= 15 is 0 Å². The average molecular weight is 320 g/mol. The van der Waals surface area contributed by atoms with E-state index < -0.39 is 0 Å². The molecule has 2 aliphatic carbocycles. The monoisotopic (exact) mass is 320 g/mol. The van der Waals surface area contributed by atoms with E-state index in [4.69, 9.17) is 9.31 Å². The summed E-state index contributed by atoms with van der Waals surface area (Å²) in [5.74, 6) is 2.59. The van der Waals surface area contributed by atoms with Crippen LogP contribution in [0.2, 0.25) is 5.82 Å². The van der Waals surface area contributed by atoms with Gasteiger partial charge in [0.1, 0.15) is 0 Å². The summed E-state index contributed by atoms with van der Waals surface area (Å²) < 4.78 is 12.7. The zero-order valence-electron chi connectivity index (χ0n) is 15.9. The first kappa shape index (κ1) is 17.8. The molecular weight excluding hydrogens is 283 g/mol. The van der Waals surface area contributed by atoms with Crippen LogP contribution in [0.1, 0.15) is 98.3 Å². The lowest BCUT2D eigenvalue weighted by atomic mass is 9.67. The SMILES string of the molecule is CC1(C)OB(C2CCCC(C3CCCCCC3)CC2)OC1(C)C. The Morgan fingerprint density at radius 1 is 0.609 bits per heavy atom. The maximum atomic E-state index is 6.34. The zero-order valence-corrected chi connectivity index (χ0v) is 15.9. The molecule has 2 unspecified atom stereocenters. The lowest BCUT2D eigenvalue weighted by Crippen LogP contribution is -2.41. The van der Waals surface area contributed by atoms with E-state index in [1.165, 1.54) is 70.6 Å². The van der Waals surface area contributed by atoms with Gasteiger partial charge in [-0.15, -0.1) is 0 Å². The quantitative estimate of drug-likeness (QED) is 0.459. The molecular formula is C20H37BO2. The molecule has 0 aromatic heterocycles. The lowest BCUT2D eigenvalue weighted by molar-refractivity contribution is 0.00578. The van der Waals surface area contributed by atoms with E-state index in [9.17, 15) is 0 Å². The van der Waals surface area contributed by atoms with E-state index in [2.05, 4.69) is 27.7 Å². The predicted octanol–water partition coefficient (Wildman–Crippen LogP) is 6.00.